The van der Waals surface area contributed by atoms with Gasteiger partial charge in [-0.05, 0) is 51.4 Å². The zero-order valence-corrected chi connectivity index (χ0v) is 15.8. The predicted octanol–water partition coefficient (Wildman–Crippen LogP) is 4.65. The van der Waals surface area contributed by atoms with Crippen molar-refractivity contribution in [2.45, 2.75) is 92.1 Å². The Labute approximate surface area is 141 Å². The SMILES string of the molecule is CCC1(OC(=O)CCOC(=O)C(C)(C)C(C)(C)C)CCCCC1. The second-order valence-electron chi connectivity index (χ2n) is 8.33. The van der Waals surface area contributed by atoms with E-state index in [1.54, 1.807) is 0 Å². The van der Waals surface area contributed by atoms with Crippen molar-refractivity contribution in [3.8, 4) is 0 Å². The van der Waals surface area contributed by atoms with Crippen LogP contribution in [0.25, 0.3) is 0 Å². The standard InChI is InChI=1S/C19H34O4/c1-7-19(12-9-8-10-13-19)23-15(20)11-14-22-16(21)18(5,6)17(2,3)4/h7-14H2,1-6H3. The summed E-state index contributed by atoms with van der Waals surface area (Å²) in [6.07, 6.45) is 6.35. The van der Waals surface area contributed by atoms with Gasteiger partial charge in [0, 0.05) is 0 Å². The smallest absolute Gasteiger partial charge is 0.312 e. The summed E-state index contributed by atoms with van der Waals surface area (Å²) in [5.74, 6) is -0.518. The summed E-state index contributed by atoms with van der Waals surface area (Å²) in [4.78, 5) is 24.3. The number of carbonyl (C=O) groups is 2. The number of hydrogen-bond acceptors (Lipinski definition) is 4. The highest BCUT2D eigenvalue weighted by atomic mass is 16.6. The van der Waals surface area contributed by atoms with Crippen molar-refractivity contribution in [2.24, 2.45) is 10.8 Å². The number of esters is 2. The van der Waals surface area contributed by atoms with Crippen LogP contribution in [0, 0.1) is 10.8 Å². The molecule has 4 heteroatoms. The molecule has 0 aliphatic heterocycles. The Balaban J connectivity index is 2.43. The summed E-state index contributed by atoms with van der Waals surface area (Å²) < 4.78 is 11.1. The minimum Gasteiger partial charge on any atom is -0.465 e. The number of hydrogen-bond donors (Lipinski definition) is 0. The van der Waals surface area contributed by atoms with Gasteiger partial charge in [0.1, 0.15) is 12.2 Å². The van der Waals surface area contributed by atoms with E-state index in [0.29, 0.717) is 0 Å². The van der Waals surface area contributed by atoms with Crippen LogP contribution >= 0.6 is 0 Å². The Morgan fingerprint density at radius 3 is 2.04 bits per heavy atom. The molecule has 4 nitrogen and oxygen atoms in total. The number of carbonyl (C=O) groups excluding carboxylic acids is 2. The molecule has 134 valence electrons. The predicted molar refractivity (Wildman–Crippen MR) is 91.0 cm³/mol. The molecular formula is C19H34O4. The quantitative estimate of drug-likeness (QED) is 0.667. The largest absolute Gasteiger partial charge is 0.465 e. The summed E-state index contributed by atoms with van der Waals surface area (Å²) in [6.45, 7) is 12.0. The summed E-state index contributed by atoms with van der Waals surface area (Å²) in [7, 11) is 0. The molecule has 0 heterocycles. The molecule has 0 bridgehead atoms. The first-order valence-corrected chi connectivity index (χ1v) is 8.93. The van der Waals surface area contributed by atoms with E-state index in [4.69, 9.17) is 9.47 Å². The van der Waals surface area contributed by atoms with Crippen LogP contribution in [0.2, 0.25) is 0 Å². The summed E-state index contributed by atoms with van der Waals surface area (Å²) in [6, 6.07) is 0. The molecule has 0 aromatic heterocycles. The van der Waals surface area contributed by atoms with Gasteiger partial charge in [0.15, 0.2) is 0 Å². The highest BCUT2D eigenvalue weighted by molar-refractivity contribution is 5.77. The van der Waals surface area contributed by atoms with Crippen LogP contribution < -0.4 is 0 Å². The monoisotopic (exact) mass is 326 g/mol. The van der Waals surface area contributed by atoms with E-state index < -0.39 is 5.41 Å². The molecule has 0 atom stereocenters. The molecule has 0 spiro atoms. The molecule has 1 aliphatic carbocycles. The Hall–Kier alpha value is -1.06. The molecule has 1 rings (SSSR count). The van der Waals surface area contributed by atoms with Crippen LogP contribution in [0.15, 0.2) is 0 Å². The fourth-order valence-electron chi connectivity index (χ4n) is 2.73. The minimum absolute atomic E-state index is 0.0942. The molecule has 0 aromatic carbocycles. The molecule has 0 aromatic rings. The van der Waals surface area contributed by atoms with E-state index in [1.165, 1.54) is 6.42 Å². The van der Waals surface area contributed by atoms with Gasteiger partial charge in [-0.3, -0.25) is 9.59 Å². The molecule has 1 saturated carbocycles. The average Bonchev–Trinajstić information content (AvgIpc) is 2.46. The van der Waals surface area contributed by atoms with Crippen molar-refractivity contribution in [1.82, 2.24) is 0 Å². The van der Waals surface area contributed by atoms with Crippen molar-refractivity contribution in [3.05, 3.63) is 0 Å². The fourth-order valence-corrected chi connectivity index (χ4v) is 2.73. The number of ether oxygens (including phenoxy) is 2. The fraction of sp³-hybridized carbons (Fsp3) is 0.895. The van der Waals surface area contributed by atoms with Crippen LogP contribution in [0.1, 0.15) is 86.5 Å². The Morgan fingerprint density at radius 2 is 1.57 bits per heavy atom. The third-order valence-electron chi connectivity index (χ3n) is 5.66. The molecule has 0 amide bonds. The molecule has 0 unspecified atom stereocenters. The zero-order chi connectivity index (χ0) is 17.7. The van der Waals surface area contributed by atoms with Crippen molar-refractivity contribution in [1.29, 1.82) is 0 Å². The van der Waals surface area contributed by atoms with Gasteiger partial charge in [0.25, 0.3) is 0 Å². The third-order valence-corrected chi connectivity index (χ3v) is 5.66. The van der Waals surface area contributed by atoms with Crippen molar-refractivity contribution < 1.29 is 19.1 Å². The van der Waals surface area contributed by atoms with E-state index in [2.05, 4.69) is 6.92 Å². The Morgan fingerprint density at radius 1 is 1.00 bits per heavy atom. The highest BCUT2D eigenvalue weighted by Crippen LogP contribution is 2.39. The average molecular weight is 326 g/mol. The van der Waals surface area contributed by atoms with E-state index in [-0.39, 0.29) is 36.0 Å². The minimum atomic E-state index is -0.592. The van der Waals surface area contributed by atoms with E-state index in [0.717, 1.165) is 32.1 Å². The summed E-state index contributed by atoms with van der Waals surface area (Å²) in [5.41, 5.74) is -1.08. The molecule has 1 aliphatic rings. The van der Waals surface area contributed by atoms with E-state index in [9.17, 15) is 9.59 Å². The van der Waals surface area contributed by atoms with Crippen molar-refractivity contribution in [3.63, 3.8) is 0 Å². The Bertz CT molecular complexity index is 412. The lowest BCUT2D eigenvalue weighted by Crippen LogP contribution is -2.39. The summed E-state index contributed by atoms with van der Waals surface area (Å²) >= 11 is 0. The molecule has 0 radical (unpaired) electrons. The first-order chi connectivity index (χ1) is 10.5. The molecule has 0 saturated heterocycles. The van der Waals surface area contributed by atoms with Crippen molar-refractivity contribution >= 4 is 11.9 Å². The lowest BCUT2D eigenvalue weighted by Gasteiger charge is -2.36. The maximum absolute atomic E-state index is 12.2. The van der Waals surface area contributed by atoms with Gasteiger partial charge < -0.3 is 9.47 Å². The lowest BCUT2D eigenvalue weighted by atomic mass is 9.69. The summed E-state index contributed by atoms with van der Waals surface area (Å²) in [5, 5.41) is 0. The van der Waals surface area contributed by atoms with Crippen LogP contribution in [0.3, 0.4) is 0 Å². The second kappa shape index (κ2) is 7.67. The normalized spacial score (nSPS) is 18.3. The maximum atomic E-state index is 12.2. The van der Waals surface area contributed by atoms with E-state index >= 15 is 0 Å². The van der Waals surface area contributed by atoms with Crippen LogP contribution in [-0.4, -0.2) is 24.1 Å². The van der Waals surface area contributed by atoms with Crippen LogP contribution in [-0.2, 0) is 19.1 Å². The third kappa shape index (κ3) is 5.22. The van der Waals surface area contributed by atoms with Gasteiger partial charge in [0.05, 0.1) is 11.8 Å². The number of rotatable bonds is 6. The lowest BCUT2D eigenvalue weighted by molar-refractivity contribution is -0.168. The highest BCUT2D eigenvalue weighted by Gasteiger charge is 2.41. The maximum Gasteiger partial charge on any atom is 0.312 e. The first-order valence-electron chi connectivity index (χ1n) is 8.93. The van der Waals surface area contributed by atoms with Gasteiger partial charge in [0.2, 0.25) is 0 Å². The molecule has 1 fully saturated rings. The van der Waals surface area contributed by atoms with Gasteiger partial charge in [-0.15, -0.1) is 0 Å². The molecule has 0 N–H and O–H groups in total. The zero-order valence-electron chi connectivity index (χ0n) is 15.8. The Kier molecular flexibility index (Phi) is 6.67. The molecular weight excluding hydrogens is 292 g/mol. The van der Waals surface area contributed by atoms with Gasteiger partial charge >= 0.3 is 11.9 Å². The first kappa shape index (κ1) is 20.0. The van der Waals surface area contributed by atoms with E-state index in [1.807, 2.05) is 34.6 Å². The molecule has 23 heavy (non-hydrogen) atoms. The second-order valence-corrected chi connectivity index (χ2v) is 8.33. The van der Waals surface area contributed by atoms with Gasteiger partial charge in [-0.2, -0.15) is 0 Å². The van der Waals surface area contributed by atoms with Crippen LogP contribution in [0.5, 0.6) is 0 Å². The van der Waals surface area contributed by atoms with Gasteiger partial charge in [-0.25, -0.2) is 0 Å². The van der Waals surface area contributed by atoms with Crippen molar-refractivity contribution in [2.75, 3.05) is 6.61 Å². The van der Waals surface area contributed by atoms with Crippen LogP contribution in [0.4, 0.5) is 0 Å². The topological polar surface area (TPSA) is 52.6 Å². The van der Waals surface area contributed by atoms with Gasteiger partial charge in [-0.1, -0.05) is 34.1 Å².